The number of aliphatic hydroxyl groups excluding tert-OH is 1. The van der Waals surface area contributed by atoms with E-state index in [1.807, 2.05) is 38.1 Å². The molecule has 3 aromatic rings. The molecule has 6 atom stereocenters. The van der Waals surface area contributed by atoms with Crippen LogP contribution < -0.4 is 27.0 Å². The highest BCUT2D eigenvalue weighted by molar-refractivity contribution is 7.46. The number of benzene rings is 2. The number of aromatic nitrogens is 2. The Hall–Kier alpha value is -6.06. The second-order valence-corrected chi connectivity index (χ2v) is 17.4. The number of imidazole rings is 1. The van der Waals surface area contributed by atoms with E-state index in [0.717, 1.165) is 23.6 Å². The molecule has 0 spiro atoms. The van der Waals surface area contributed by atoms with E-state index in [1.54, 1.807) is 22.9 Å². The number of aliphatic hydroxyl groups is 1. The van der Waals surface area contributed by atoms with Gasteiger partial charge in [0.25, 0.3) is 0 Å². The molecule has 6 amide bonds. The van der Waals surface area contributed by atoms with E-state index in [0.29, 0.717) is 44.5 Å². The van der Waals surface area contributed by atoms with Gasteiger partial charge in [0.2, 0.25) is 35.4 Å². The second kappa shape index (κ2) is 25.0. The predicted octanol–water partition coefficient (Wildman–Crippen LogP) is 1.03. The van der Waals surface area contributed by atoms with Crippen LogP contribution in [0.3, 0.4) is 0 Å². The first-order valence-electron chi connectivity index (χ1n) is 21.4. The first kappa shape index (κ1) is 52.6. The van der Waals surface area contributed by atoms with Crippen LogP contribution >= 0.6 is 7.82 Å². The first-order valence-corrected chi connectivity index (χ1v) is 22.9. The molecule has 2 aromatic carbocycles. The molecular formula is C43H59FN9O12P. The molecule has 9 N–H and O–H groups in total. The number of hydrogen-bond acceptors (Lipinski definition) is 12. The maximum Gasteiger partial charge on any atom is 0.469 e. The zero-order chi connectivity index (χ0) is 48.6. The zero-order valence-corrected chi connectivity index (χ0v) is 38.1. The number of halogens is 1. The number of likely N-dealkylation sites (tertiary alicyclic amines) is 1. The minimum absolute atomic E-state index is 0.119. The molecule has 0 unspecified atom stereocenters. The largest absolute Gasteiger partial charge is 0.469 e. The maximum atomic E-state index is 14.1. The van der Waals surface area contributed by atoms with Crippen molar-refractivity contribution in [2.45, 2.75) is 109 Å². The number of unbranched alkanes of at least 4 members (excludes halogenated alkanes) is 1. The Morgan fingerprint density at radius 2 is 1.62 bits per heavy atom. The van der Waals surface area contributed by atoms with E-state index in [9.17, 15) is 52.6 Å². The van der Waals surface area contributed by atoms with E-state index >= 15 is 0 Å². The van der Waals surface area contributed by atoms with Crippen LogP contribution in [0.15, 0.2) is 66.2 Å². The standard InChI is InChI=1S/C43H59FN9O12P/c1-26(2)20-34(49-43(60)37-12-9-18-53(37)28(4)55)40(57)48-35(41(58)50-36(24-54)42(59)51-38(39(45)56)27(3)65-66(61,62)63)21-32-23-46-25-52(32)17-7-8-19-64-47-22-30-10-5-6-11-33(30)29-13-15-31(44)16-14-29/h5-6,10-11,13-16,22-23,25-27,34-38,54H,7-9,12,17-21,24H2,1-4H3,(H2,45,56)(H,48,57)(H,49,60)(H,50,58)(H,51,59)(H2,61,62,63)/b47-22-/t27-,34+,35+,36+,37+,38+/m1/s1. The van der Waals surface area contributed by atoms with Crippen molar-refractivity contribution in [3.8, 4) is 11.1 Å². The molecule has 66 heavy (non-hydrogen) atoms. The van der Waals surface area contributed by atoms with Gasteiger partial charge in [0.15, 0.2) is 0 Å². The number of oxime groups is 1. The average molecular weight is 944 g/mol. The van der Waals surface area contributed by atoms with Gasteiger partial charge in [-0.05, 0) is 68.2 Å². The van der Waals surface area contributed by atoms with Gasteiger partial charge >= 0.3 is 7.82 Å². The maximum absolute atomic E-state index is 14.1. The van der Waals surface area contributed by atoms with Gasteiger partial charge in [0.05, 0.1) is 25.3 Å². The summed E-state index contributed by atoms with van der Waals surface area (Å²) in [5.74, 6) is -5.43. The first-order chi connectivity index (χ1) is 31.3. The van der Waals surface area contributed by atoms with Crippen molar-refractivity contribution in [1.29, 1.82) is 0 Å². The molecule has 1 aliphatic rings. The van der Waals surface area contributed by atoms with Crippen molar-refractivity contribution in [2.75, 3.05) is 19.8 Å². The molecular weight excluding hydrogens is 884 g/mol. The number of nitrogens with two attached hydrogens (primary N) is 1. The quantitative estimate of drug-likeness (QED) is 0.0255. The van der Waals surface area contributed by atoms with Gasteiger partial charge in [-0.25, -0.2) is 13.9 Å². The van der Waals surface area contributed by atoms with Crippen molar-refractivity contribution in [3.05, 3.63) is 78.1 Å². The minimum atomic E-state index is -5.14. The van der Waals surface area contributed by atoms with Crippen LogP contribution in [0.2, 0.25) is 0 Å². The number of phosphoric acid groups is 1. The van der Waals surface area contributed by atoms with E-state index in [4.69, 9.17) is 10.6 Å². The van der Waals surface area contributed by atoms with Crippen LogP contribution in [0.4, 0.5) is 4.39 Å². The van der Waals surface area contributed by atoms with Crippen LogP contribution in [0.5, 0.6) is 0 Å². The van der Waals surface area contributed by atoms with Gasteiger partial charge in [-0.1, -0.05) is 55.4 Å². The van der Waals surface area contributed by atoms with Crippen molar-refractivity contribution in [2.24, 2.45) is 16.8 Å². The van der Waals surface area contributed by atoms with E-state index < -0.39 is 80.3 Å². The van der Waals surface area contributed by atoms with E-state index in [2.05, 4.69) is 35.9 Å². The van der Waals surface area contributed by atoms with Crippen LogP contribution in [-0.4, -0.2) is 127 Å². The number of amides is 6. The number of nitrogens with one attached hydrogen (secondary N) is 4. The molecule has 21 nitrogen and oxygen atoms in total. The molecule has 1 aliphatic heterocycles. The number of hydrogen-bond donors (Lipinski definition) is 8. The Morgan fingerprint density at radius 1 is 0.955 bits per heavy atom. The van der Waals surface area contributed by atoms with Crippen LogP contribution in [-0.2, 0) is 55.7 Å². The Balaban J connectivity index is 1.48. The fourth-order valence-corrected chi connectivity index (χ4v) is 7.87. The molecule has 1 aromatic heterocycles. The molecule has 1 saturated heterocycles. The second-order valence-electron chi connectivity index (χ2n) is 16.2. The molecule has 0 radical (unpaired) electrons. The summed E-state index contributed by atoms with van der Waals surface area (Å²) >= 11 is 0. The lowest BCUT2D eigenvalue weighted by atomic mass is 10.0. The van der Waals surface area contributed by atoms with Gasteiger partial charge in [0.1, 0.15) is 42.6 Å². The molecule has 0 saturated carbocycles. The monoisotopic (exact) mass is 943 g/mol. The lowest BCUT2D eigenvalue weighted by molar-refractivity contribution is -0.139. The van der Waals surface area contributed by atoms with Crippen LogP contribution in [0.1, 0.15) is 71.1 Å². The van der Waals surface area contributed by atoms with Gasteiger partial charge in [-0.2, -0.15) is 0 Å². The van der Waals surface area contributed by atoms with Gasteiger partial charge in [-0.15, -0.1) is 0 Å². The van der Waals surface area contributed by atoms with Gasteiger partial charge in [0, 0.05) is 43.9 Å². The molecule has 4 rings (SSSR count). The smallest absolute Gasteiger partial charge is 0.396 e. The summed E-state index contributed by atoms with van der Waals surface area (Å²) < 4.78 is 31.1. The van der Waals surface area contributed by atoms with E-state index in [-0.39, 0.29) is 37.1 Å². The van der Waals surface area contributed by atoms with E-state index in [1.165, 1.54) is 36.5 Å². The lowest BCUT2D eigenvalue weighted by Crippen LogP contribution is -2.61. The Morgan fingerprint density at radius 3 is 2.27 bits per heavy atom. The molecule has 1 fully saturated rings. The Bertz CT molecular complexity index is 2220. The van der Waals surface area contributed by atoms with Gasteiger partial charge in [-0.3, -0.25) is 33.3 Å². The number of primary amides is 1. The lowest BCUT2D eigenvalue weighted by Gasteiger charge is -2.28. The molecule has 360 valence electrons. The number of aryl methyl sites for hydroxylation is 1. The summed E-state index contributed by atoms with van der Waals surface area (Å²) in [7, 11) is -5.14. The normalized spacial score (nSPS) is 16.3. The Kier molecular flexibility index (Phi) is 19.9. The summed E-state index contributed by atoms with van der Waals surface area (Å²) in [6.45, 7) is 6.07. The topological polar surface area (TPSA) is 306 Å². The minimum Gasteiger partial charge on any atom is -0.396 e. The SMILES string of the molecule is CC(=O)N1CCC[C@H]1C(=O)N[C@@H](CC(C)C)C(=O)N[C@@H](Cc1cncn1CCCCO/N=C\c1ccccc1-c1ccc(F)cc1)C(=O)N[C@@H](CO)C(=O)N[C@H](C(N)=O)[C@@H](C)OP(=O)(O)O. The summed E-state index contributed by atoms with van der Waals surface area (Å²) in [5.41, 5.74) is 8.25. The highest BCUT2D eigenvalue weighted by Gasteiger charge is 2.37. The average Bonchev–Trinajstić information content (AvgIpc) is 3.93. The molecule has 0 aliphatic carbocycles. The number of phosphoric ester groups is 1. The number of carbonyl (C=O) groups is 6. The van der Waals surface area contributed by atoms with Crippen molar-refractivity contribution in [1.82, 2.24) is 35.7 Å². The summed E-state index contributed by atoms with van der Waals surface area (Å²) in [6.07, 6.45) is 4.99. The third-order valence-corrected chi connectivity index (χ3v) is 11.2. The molecule has 23 heteroatoms. The zero-order valence-electron chi connectivity index (χ0n) is 37.2. The van der Waals surface area contributed by atoms with Gasteiger partial charge < -0.3 is 56.2 Å². The van der Waals surface area contributed by atoms with Crippen molar-refractivity contribution < 1.29 is 62.0 Å². The predicted molar refractivity (Wildman–Crippen MR) is 237 cm³/mol. The highest BCUT2D eigenvalue weighted by Crippen LogP contribution is 2.38. The highest BCUT2D eigenvalue weighted by atomic mass is 31.2. The summed E-state index contributed by atoms with van der Waals surface area (Å²) in [6, 6.07) is 6.59. The number of rotatable bonds is 25. The van der Waals surface area contributed by atoms with Crippen LogP contribution in [0, 0.1) is 11.7 Å². The summed E-state index contributed by atoms with van der Waals surface area (Å²) in [4.78, 5) is 109. The van der Waals surface area contributed by atoms with Crippen molar-refractivity contribution >= 4 is 49.5 Å². The fourth-order valence-electron chi connectivity index (χ4n) is 7.31. The third-order valence-electron chi connectivity index (χ3n) is 10.6. The molecule has 2 heterocycles. The van der Waals surface area contributed by atoms with Crippen molar-refractivity contribution in [3.63, 3.8) is 0 Å². The summed E-state index contributed by atoms with van der Waals surface area (Å²) in [5, 5.41) is 24.2. The molecule has 0 bridgehead atoms. The fraction of sp³-hybridized carbons (Fsp3) is 0.488. The van der Waals surface area contributed by atoms with Crippen LogP contribution in [0.25, 0.3) is 11.1 Å². The third kappa shape index (κ3) is 16.1. The number of nitrogens with zero attached hydrogens (tertiary/aromatic N) is 4. The Labute approximate surface area is 381 Å². The number of carbonyl (C=O) groups excluding carboxylic acids is 6.